The van der Waals surface area contributed by atoms with Crippen LogP contribution in [0.1, 0.15) is 84.0 Å². The minimum atomic E-state index is -4.54. The summed E-state index contributed by atoms with van der Waals surface area (Å²) in [5.41, 5.74) is 0. The minimum absolute atomic E-state index is 0.138. The van der Waals surface area contributed by atoms with Gasteiger partial charge in [-0.15, -0.1) is 0 Å². The largest absolute Gasteiger partial charge is 0.491 e. The van der Waals surface area contributed by atoms with Gasteiger partial charge in [0.2, 0.25) is 0 Å². The van der Waals surface area contributed by atoms with Gasteiger partial charge in [-0.1, -0.05) is 95.8 Å². The average Bonchev–Trinajstić information content (AvgIpc) is 2.85. The highest BCUT2D eigenvalue weighted by Crippen LogP contribution is 2.38. The first kappa shape index (κ1) is 33.0. The summed E-state index contributed by atoms with van der Waals surface area (Å²) in [6.07, 6.45) is 13.5. The molecule has 1 unspecified atom stereocenters. The maximum Gasteiger partial charge on any atom is 0.469 e. The van der Waals surface area contributed by atoms with Crippen molar-refractivity contribution in [3.8, 4) is 5.75 Å². The molecule has 1 aromatic rings. The van der Waals surface area contributed by atoms with E-state index in [0.717, 1.165) is 25.0 Å². The van der Waals surface area contributed by atoms with Gasteiger partial charge in [-0.05, 0) is 18.6 Å². The summed E-state index contributed by atoms with van der Waals surface area (Å²) in [5, 5.41) is 0. The van der Waals surface area contributed by atoms with Crippen molar-refractivity contribution in [3.63, 3.8) is 0 Å². The molecule has 8 nitrogen and oxygen atoms in total. The summed E-state index contributed by atoms with van der Waals surface area (Å²) in [6.45, 7) is 4.94. The van der Waals surface area contributed by atoms with Gasteiger partial charge in [0.1, 0.15) is 12.4 Å². The zero-order chi connectivity index (χ0) is 26.2. The molecule has 0 heterocycles. The van der Waals surface area contributed by atoms with Gasteiger partial charge in [-0.3, -0.25) is 4.52 Å². The Labute approximate surface area is 218 Å². The van der Waals surface area contributed by atoms with Crippen LogP contribution in [-0.2, 0) is 23.3 Å². The number of benzene rings is 1. The molecule has 0 spiro atoms. The Hall–Kier alpha value is -0.990. The first-order chi connectivity index (χ1) is 17.5. The molecule has 1 atom stereocenters. The molecule has 0 aliphatic carbocycles. The summed E-state index contributed by atoms with van der Waals surface area (Å²) in [4.78, 5) is 18.4. The highest BCUT2D eigenvalue weighted by atomic mass is 31.2. The minimum Gasteiger partial charge on any atom is -0.491 e. The Balaban J connectivity index is 1.97. The van der Waals surface area contributed by atoms with Crippen LogP contribution in [0.5, 0.6) is 5.75 Å². The van der Waals surface area contributed by atoms with Crippen molar-refractivity contribution in [2.24, 2.45) is 0 Å². The molecule has 1 aromatic carbocycles. The van der Waals surface area contributed by atoms with Crippen LogP contribution < -0.4 is 4.74 Å². The summed E-state index contributed by atoms with van der Waals surface area (Å²) in [7, 11) is -4.54. The molecule has 1 rings (SSSR count). The quantitative estimate of drug-likeness (QED) is 0.106. The molecule has 0 saturated carbocycles. The number of ether oxygens (including phenoxy) is 4. The number of para-hydroxylation sites is 1. The lowest BCUT2D eigenvalue weighted by atomic mass is 10.0. The van der Waals surface area contributed by atoms with Crippen LogP contribution in [0, 0.1) is 0 Å². The number of phosphoric acid groups is 1. The van der Waals surface area contributed by atoms with Crippen molar-refractivity contribution in [1.82, 2.24) is 0 Å². The maximum absolute atomic E-state index is 11.3. The molecular formula is C27H49O8P. The molecule has 36 heavy (non-hydrogen) atoms. The summed E-state index contributed by atoms with van der Waals surface area (Å²) in [5.74, 6) is 0.819. The van der Waals surface area contributed by atoms with Crippen molar-refractivity contribution in [2.45, 2.75) is 90.1 Å². The van der Waals surface area contributed by atoms with Crippen LogP contribution in [0.25, 0.3) is 0 Å². The maximum atomic E-state index is 11.3. The highest BCUT2D eigenvalue weighted by molar-refractivity contribution is 7.46. The van der Waals surface area contributed by atoms with Gasteiger partial charge < -0.3 is 28.7 Å². The van der Waals surface area contributed by atoms with E-state index in [1.807, 2.05) is 30.3 Å². The van der Waals surface area contributed by atoms with Crippen molar-refractivity contribution < 1.29 is 37.8 Å². The fourth-order valence-corrected chi connectivity index (χ4v) is 4.34. The van der Waals surface area contributed by atoms with Crippen molar-refractivity contribution in [2.75, 3.05) is 46.2 Å². The lowest BCUT2D eigenvalue weighted by molar-refractivity contribution is -0.0136. The van der Waals surface area contributed by atoms with Crippen LogP contribution in [0.15, 0.2) is 30.3 Å². The van der Waals surface area contributed by atoms with Gasteiger partial charge in [0, 0.05) is 0 Å². The molecule has 0 radical (unpaired) electrons. The van der Waals surface area contributed by atoms with Gasteiger partial charge in [-0.25, -0.2) is 4.57 Å². The number of unbranched alkanes of at least 4 members (excludes halogenated alkanes) is 10. The molecule has 0 fully saturated rings. The lowest BCUT2D eigenvalue weighted by Crippen LogP contribution is -2.21. The monoisotopic (exact) mass is 532 g/mol. The van der Waals surface area contributed by atoms with E-state index >= 15 is 0 Å². The predicted octanol–water partition coefficient (Wildman–Crippen LogP) is 6.29. The zero-order valence-electron chi connectivity index (χ0n) is 22.2. The van der Waals surface area contributed by atoms with Crippen molar-refractivity contribution in [3.05, 3.63) is 30.3 Å². The van der Waals surface area contributed by atoms with Gasteiger partial charge in [0.25, 0.3) is 0 Å². The lowest BCUT2D eigenvalue weighted by Gasteiger charge is -2.18. The third-order valence-electron chi connectivity index (χ3n) is 5.70. The average molecular weight is 533 g/mol. The van der Waals surface area contributed by atoms with Crippen LogP contribution >= 0.6 is 7.82 Å². The van der Waals surface area contributed by atoms with E-state index < -0.39 is 13.9 Å². The normalized spacial score (nSPS) is 12.6. The van der Waals surface area contributed by atoms with E-state index in [0.29, 0.717) is 46.1 Å². The van der Waals surface area contributed by atoms with Gasteiger partial charge >= 0.3 is 7.82 Å². The Morgan fingerprint density at radius 3 is 1.75 bits per heavy atom. The predicted molar refractivity (Wildman–Crippen MR) is 142 cm³/mol. The molecular weight excluding hydrogens is 483 g/mol. The first-order valence-electron chi connectivity index (χ1n) is 13.7. The van der Waals surface area contributed by atoms with Crippen LogP contribution in [-0.4, -0.2) is 62.1 Å². The van der Waals surface area contributed by atoms with E-state index in [9.17, 15) is 14.4 Å². The fraction of sp³-hybridized carbons (Fsp3) is 0.778. The van der Waals surface area contributed by atoms with E-state index in [2.05, 4.69) is 6.92 Å². The topological polar surface area (TPSA) is 104 Å². The van der Waals surface area contributed by atoms with Crippen LogP contribution in [0.2, 0.25) is 0 Å². The molecule has 0 aromatic heterocycles. The number of phosphoric ester groups is 1. The Morgan fingerprint density at radius 1 is 0.694 bits per heavy atom. The van der Waals surface area contributed by atoms with Gasteiger partial charge in [-0.2, -0.15) is 0 Å². The summed E-state index contributed by atoms with van der Waals surface area (Å²) in [6, 6.07) is 9.58. The molecule has 9 heteroatoms. The molecule has 2 N–H and O–H groups in total. The van der Waals surface area contributed by atoms with E-state index in [4.69, 9.17) is 23.5 Å². The second kappa shape index (κ2) is 23.2. The van der Waals surface area contributed by atoms with Gasteiger partial charge in [0.05, 0.1) is 45.7 Å². The van der Waals surface area contributed by atoms with Crippen LogP contribution in [0.3, 0.4) is 0 Å². The van der Waals surface area contributed by atoms with E-state index in [1.54, 1.807) is 0 Å². The van der Waals surface area contributed by atoms with Gasteiger partial charge in [0.15, 0.2) is 0 Å². The Morgan fingerprint density at radius 2 is 1.19 bits per heavy atom. The summed E-state index contributed by atoms with van der Waals surface area (Å²) >= 11 is 0. The van der Waals surface area contributed by atoms with Crippen molar-refractivity contribution in [1.29, 1.82) is 0 Å². The Bertz CT molecular complexity index is 640. The Kier molecular flexibility index (Phi) is 21.2. The second-order valence-corrected chi connectivity index (χ2v) is 10.2. The number of hydrogen-bond donors (Lipinski definition) is 2. The highest BCUT2D eigenvalue weighted by Gasteiger charge is 2.22. The first-order valence-corrected chi connectivity index (χ1v) is 15.2. The molecule has 0 amide bonds. The molecule has 0 aliphatic rings. The van der Waals surface area contributed by atoms with Crippen LogP contribution in [0.4, 0.5) is 0 Å². The number of rotatable bonds is 26. The zero-order valence-corrected chi connectivity index (χ0v) is 23.1. The standard InChI is InChI=1S/C27H49O8P/c1-2-3-4-5-6-7-8-9-10-11-13-18-27(35-36(28,29)30)25-33-22-21-31-19-20-32-23-24-34-26-16-14-12-15-17-26/h12,14-17,27H,2-11,13,18-25H2,1H3,(H2,28,29,30). The molecule has 210 valence electrons. The smallest absolute Gasteiger partial charge is 0.469 e. The van der Waals surface area contributed by atoms with Crippen molar-refractivity contribution >= 4 is 7.82 Å². The third kappa shape index (κ3) is 22.2. The molecule has 0 bridgehead atoms. The summed E-state index contributed by atoms with van der Waals surface area (Å²) < 4.78 is 38.2. The second-order valence-electron chi connectivity index (χ2n) is 9.00. The number of hydrogen-bond acceptors (Lipinski definition) is 6. The third-order valence-corrected chi connectivity index (χ3v) is 6.28. The molecule has 0 aliphatic heterocycles. The fourth-order valence-electron chi connectivity index (χ4n) is 3.79. The SMILES string of the molecule is CCCCCCCCCCCCCC(COCCOCCOCCOc1ccccc1)OP(=O)(O)O. The molecule has 0 saturated heterocycles. The van der Waals surface area contributed by atoms with E-state index in [1.165, 1.54) is 51.4 Å². The van der Waals surface area contributed by atoms with E-state index in [-0.39, 0.29) is 6.61 Å².